The molecule has 0 aromatic carbocycles. The molecule has 110 valence electrons. The quantitative estimate of drug-likeness (QED) is 0.652. The minimum absolute atomic E-state index is 0.0229. The summed E-state index contributed by atoms with van der Waals surface area (Å²) in [4.78, 5) is 2.01. The summed E-state index contributed by atoms with van der Waals surface area (Å²) in [5.74, 6) is 0.621. The van der Waals surface area contributed by atoms with Crippen molar-refractivity contribution < 1.29 is 12.8 Å². The number of nitrogens with zero attached hydrogens (tertiary/aromatic N) is 1. The maximum Gasteiger partial charge on any atom is 0.273 e. The van der Waals surface area contributed by atoms with Crippen LogP contribution in [0.2, 0.25) is 0 Å². The predicted molar refractivity (Wildman–Crippen MR) is 74.4 cm³/mol. The average Bonchev–Trinajstić information content (AvgIpc) is 2.81. The monoisotopic (exact) mass is 289 g/mol. The van der Waals surface area contributed by atoms with E-state index < -0.39 is 10.0 Å². The zero-order chi connectivity index (χ0) is 14.3. The summed E-state index contributed by atoms with van der Waals surface area (Å²) in [6.07, 6.45) is 0.761. The van der Waals surface area contributed by atoms with Crippen molar-refractivity contribution in [2.24, 2.45) is 0 Å². The molecule has 0 radical (unpaired) electrons. The molecular weight excluding hydrogens is 266 g/mol. The number of hydrogen-bond acceptors (Lipinski definition) is 5. The van der Waals surface area contributed by atoms with E-state index in [9.17, 15) is 8.42 Å². The van der Waals surface area contributed by atoms with E-state index in [1.807, 2.05) is 25.9 Å². The van der Waals surface area contributed by atoms with E-state index in [0.29, 0.717) is 18.8 Å². The van der Waals surface area contributed by atoms with Crippen LogP contribution in [0.15, 0.2) is 21.6 Å². The number of nitrogens with one attached hydrogen (secondary N) is 2. The van der Waals surface area contributed by atoms with Gasteiger partial charge in [0.25, 0.3) is 10.0 Å². The lowest BCUT2D eigenvalue weighted by Crippen LogP contribution is -2.27. The first-order valence-electron chi connectivity index (χ1n) is 6.39. The van der Waals surface area contributed by atoms with Gasteiger partial charge in [0.1, 0.15) is 5.76 Å². The van der Waals surface area contributed by atoms with Gasteiger partial charge in [0.2, 0.25) is 5.09 Å². The lowest BCUT2D eigenvalue weighted by molar-refractivity contribution is 0.392. The molecule has 1 aromatic rings. The molecule has 19 heavy (non-hydrogen) atoms. The van der Waals surface area contributed by atoms with Crippen LogP contribution in [0, 0.1) is 0 Å². The van der Waals surface area contributed by atoms with Gasteiger partial charge in [0, 0.05) is 6.54 Å². The number of rotatable bonds is 9. The highest BCUT2D eigenvalue weighted by molar-refractivity contribution is 7.89. The maximum atomic E-state index is 11.9. The Labute approximate surface area is 115 Å². The van der Waals surface area contributed by atoms with Crippen molar-refractivity contribution in [2.45, 2.75) is 25.0 Å². The van der Waals surface area contributed by atoms with Gasteiger partial charge in [-0.15, -0.1) is 0 Å². The molecule has 0 spiro atoms. The van der Waals surface area contributed by atoms with Crippen LogP contribution in [0.1, 0.15) is 19.1 Å². The Morgan fingerprint density at radius 2 is 2.05 bits per heavy atom. The molecule has 0 amide bonds. The second-order valence-electron chi connectivity index (χ2n) is 4.56. The van der Waals surface area contributed by atoms with Gasteiger partial charge in [-0.1, -0.05) is 6.92 Å². The Bertz CT molecular complexity index is 468. The van der Waals surface area contributed by atoms with Crippen molar-refractivity contribution in [3.8, 4) is 0 Å². The van der Waals surface area contributed by atoms with Crippen LogP contribution >= 0.6 is 0 Å². The first-order valence-corrected chi connectivity index (χ1v) is 7.88. The van der Waals surface area contributed by atoms with Gasteiger partial charge in [-0.2, -0.15) is 0 Å². The van der Waals surface area contributed by atoms with Crippen LogP contribution in [0.25, 0.3) is 0 Å². The van der Waals surface area contributed by atoms with Crippen LogP contribution in [-0.2, 0) is 16.6 Å². The Balaban J connectivity index is 2.50. The number of furan rings is 1. The maximum absolute atomic E-state index is 11.9. The third-order valence-corrected chi connectivity index (χ3v) is 3.86. The minimum atomic E-state index is -3.53. The normalized spacial score (nSPS) is 12.2. The van der Waals surface area contributed by atoms with Crippen molar-refractivity contribution in [2.75, 3.05) is 33.7 Å². The zero-order valence-corrected chi connectivity index (χ0v) is 12.6. The third-order valence-electron chi connectivity index (χ3n) is 2.53. The summed E-state index contributed by atoms with van der Waals surface area (Å²) >= 11 is 0. The highest BCUT2D eigenvalue weighted by Crippen LogP contribution is 2.13. The van der Waals surface area contributed by atoms with Crippen molar-refractivity contribution in [1.29, 1.82) is 0 Å². The Morgan fingerprint density at radius 3 is 2.68 bits per heavy atom. The van der Waals surface area contributed by atoms with Crippen molar-refractivity contribution >= 4 is 10.0 Å². The summed E-state index contributed by atoms with van der Waals surface area (Å²) in [6, 6.07) is 3.16. The largest absolute Gasteiger partial charge is 0.447 e. The molecule has 1 aromatic heterocycles. The van der Waals surface area contributed by atoms with E-state index in [-0.39, 0.29) is 5.09 Å². The Hall–Kier alpha value is -0.890. The molecule has 0 saturated carbocycles. The van der Waals surface area contributed by atoms with E-state index in [0.717, 1.165) is 19.5 Å². The van der Waals surface area contributed by atoms with Gasteiger partial charge in [0.05, 0.1) is 6.54 Å². The van der Waals surface area contributed by atoms with Gasteiger partial charge in [-0.25, -0.2) is 13.1 Å². The second kappa shape index (κ2) is 7.64. The van der Waals surface area contributed by atoms with Crippen LogP contribution in [0.3, 0.4) is 0 Å². The fraction of sp³-hybridized carbons (Fsp3) is 0.667. The van der Waals surface area contributed by atoms with Crippen molar-refractivity contribution in [1.82, 2.24) is 14.9 Å². The molecule has 0 saturated heterocycles. The molecule has 6 nitrogen and oxygen atoms in total. The molecule has 0 unspecified atom stereocenters. The third kappa shape index (κ3) is 5.73. The lowest BCUT2D eigenvalue weighted by Gasteiger charge is -2.09. The van der Waals surface area contributed by atoms with Crippen LogP contribution in [-0.4, -0.2) is 47.0 Å². The second-order valence-corrected chi connectivity index (χ2v) is 6.25. The highest BCUT2D eigenvalue weighted by Gasteiger charge is 2.17. The first kappa shape index (κ1) is 16.2. The molecule has 1 rings (SSSR count). The van der Waals surface area contributed by atoms with Crippen LogP contribution < -0.4 is 10.0 Å². The van der Waals surface area contributed by atoms with Gasteiger partial charge < -0.3 is 14.6 Å². The van der Waals surface area contributed by atoms with Gasteiger partial charge >= 0.3 is 0 Å². The Morgan fingerprint density at radius 1 is 1.32 bits per heavy atom. The molecule has 0 aliphatic heterocycles. The van der Waals surface area contributed by atoms with E-state index in [1.165, 1.54) is 6.07 Å². The van der Waals surface area contributed by atoms with E-state index in [2.05, 4.69) is 10.0 Å². The van der Waals surface area contributed by atoms with Gasteiger partial charge in [-0.3, -0.25) is 0 Å². The average molecular weight is 289 g/mol. The molecule has 0 atom stereocenters. The van der Waals surface area contributed by atoms with Crippen LogP contribution in [0.5, 0.6) is 0 Å². The number of hydrogen-bond donors (Lipinski definition) is 2. The zero-order valence-electron chi connectivity index (χ0n) is 11.8. The summed E-state index contributed by atoms with van der Waals surface area (Å²) in [5, 5.41) is 3.06. The molecule has 0 aliphatic rings. The summed E-state index contributed by atoms with van der Waals surface area (Å²) < 4.78 is 31.7. The van der Waals surface area contributed by atoms with E-state index >= 15 is 0 Å². The molecule has 7 heteroatoms. The van der Waals surface area contributed by atoms with Gasteiger partial charge in [-0.05, 0) is 45.7 Å². The summed E-state index contributed by atoms with van der Waals surface area (Å²) in [6.45, 7) is 4.57. The molecule has 0 bridgehead atoms. The fourth-order valence-electron chi connectivity index (χ4n) is 1.52. The predicted octanol–water partition coefficient (Wildman–Crippen LogP) is 0.619. The summed E-state index contributed by atoms with van der Waals surface area (Å²) in [7, 11) is 0.379. The summed E-state index contributed by atoms with van der Waals surface area (Å²) in [5.41, 5.74) is 0. The van der Waals surface area contributed by atoms with Crippen molar-refractivity contribution in [3.63, 3.8) is 0 Å². The van der Waals surface area contributed by atoms with E-state index in [4.69, 9.17) is 4.42 Å². The molecule has 1 heterocycles. The molecule has 0 aliphatic carbocycles. The first-order chi connectivity index (χ1) is 8.95. The molecule has 2 N–H and O–H groups in total. The molecular formula is C12H23N3O3S. The SMILES string of the molecule is CCNCc1ccc(S(=O)(=O)NCCCN(C)C)o1. The topological polar surface area (TPSA) is 74.6 Å². The minimum Gasteiger partial charge on any atom is -0.447 e. The number of sulfonamides is 1. The van der Waals surface area contributed by atoms with Crippen LogP contribution in [0.4, 0.5) is 0 Å². The van der Waals surface area contributed by atoms with E-state index in [1.54, 1.807) is 6.07 Å². The highest BCUT2D eigenvalue weighted by atomic mass is 32.2. The smallest absolute Gasteiger partial charge is 0.273 e. The lowest BCUT2D eigenvalue weighted by atomic mass is 10.4. The fourth-order valence-corrected chi connectivity index (χ4v) is 2.54. The van der Waals surface area contributed by atoms with Crippen molar-refractivity contribution in [3.05, 3.63) is 17.9 Å². The van der Waals surface area contributed by atoms with Gasteiger partial charge in [0.15, 0.2) is 0 Å². The standard InChI is InChI=1S/C12H23N3O3S/c1-4-13-10-11-6-7-12(18-11)19(16,17)14-8-5-9-15(2)3/h6-7,13-14H,4-5,8-10H2,1-3H3. The Kier molecular flexibility index (Phi) is 6.50. The molecule has 0 fully saturated rings.